The number of benzene rings is 2. The average Bonchev–Trinajstić information content (AvgIpc) is 2.28. The molecule has 78 valence electrons. The first-order valence-corrected chi connectivity index (χ1v) is 5.03. The maximum absolute atomic E-state index is 11.7. The lowest BCUT2D eigenvalue weighted by Gasteiger charge is -2.01. The quantitative estimate of drug-likeness (QED) is 0.578. The van der Waals surface area contributed by atoms with Gasteiger partial charge >= 0.3 is 0 Å². The molecule has 3 N–H and O–H groups in total. The highest BCUT2D eigenvalue weighted by atomic mass is 16.3. The molecular weight excluding hydrogens is 202 g/mol. The molecule has 16 heavy (non-hydrogen) atoms. The van der Waals surface area contributed by atoms with Crippen LogP contribution in [0, 0.1) is 0 Å². The Labute approximate surface area is 91.1 Å². The maximum atomic E-state index is 11.7. The van der Waals surface area contributed by atoms with Crippen LogP contribution in [-0.4, -0.2) is 0 Å². The van der Waals surface area contributed by atoms with Crippen molar-refractivity contribution >= 4 is 27.6 Å². The Balaban J connectivity index is 2.65. The predicted molar refractivity (Wildman–Crippen MR) is 62.5 cm³/mol. The van der Waals surface area contributed by atoms with Crippen LogP contribution in [0.25, 0.3) is 21.7 Å². The smallest absolute Gasteiger partial charge is 0.295 e. The van der Waals surface area contributed by atoms with Crippen molar-refractivity contribution in [3.05, 3.63) is 52.7 Å². The van der Waals surface area contributed by atoms with Crippen molar-refractivity contribution < 1.29 is 10.2 Å². The lowest BCUT2D eigenvalue weighted by molar-refractivity contribution is -0.278. The molecule has 0 aliphatic heterocycles. The van der Waals surface area contributed by atoms with E-state index in [0.717, 1.165) is 10.8 Å². The molecular formula is C13H10NO2+. The molecule has 0 aliphatic carbocycles. The first-order chi connectivity index (χ1) is 7.75. The van der Waals surface area contributed by atoms with Gasteiger partial charge in [-0.2, -0.15) is 0 Å². The Hall–Kier alpha value is -2.13. The van der Waals surface area contributed by atoms with Crippen LogP contribution in [0.2, 0.25) is 0 Å². The molecule has 3 rings (SSSR count). The summed E-state index contributed by atoms with van der Waals surface area (Å²) in [5.41, 5.74) is 4.25. The molecule has 0 amide bonds. The number of hydrogen-bond acceptors (Lipinski definition) is 2. The minimum atomic E-state index is -0.0444. The number of quaternary nitrogens is 1. The van der Waals surface area contributed by atoms with Crippen LogP contribution in [0.15, 0.2) is 51.7 Å². The fourth-order valence-corrected chi connectivity index (χ4v) is 1.93. The number of hydrogen-bond donors (Lipinski definition) is 1. The topological polar surface area (TPSA) is 57.9 Å². The summed E-state index contributed by atoms with van der Waals surface area (Å²) in [6.45, 7) is 0. The van der Waals surface area contributed by atoms with Gasteiger partial charge in [-0.25, -0.2) is 0 Å². The third-order valence-corrected chi connectivity index (χ3v) is 2.67. The van der Waals surface area contributed by atoms with Crippen LogP contribution in [0.1, 0.15) is 0 Å². The van der Waals surface area contributed by atoms with E-state index in [1.54, 1.807) is 6.07 Å². The van der Waals surface area contributed by atoms with E-state index < -0.39 is 0 Å². The first-order valence-electron chi connectivity index (χ1n) is 5.03. The second-order valence-electron chi connectivity index (χ2n) is 3.74. The normalized spacial score (nSPS) is 11.1. The summed E-state index contributed by atoms with van der Waals surface area (Å²) in [4.78, 5) is 11.7. The zero-order valence-corrected chi connectivity index (χ0v) is 8.57. The van der Waals surface area contributed by atoms with Crippen LogP contribution >= 0.6 is 0 Å². The van der Waals surface area contributed by atoms with Crippen LogP contribution in [-0.2, 0) is 0 Å². The molecule has 0 aliphatic rings. The maximum Gasteiger partial charge on any atom is 0.295 e. The van der Waals surface area contributed by atoms with E-state index in [2.05, 4.69) is 5.73 Å². The fraction of sp³-hybridized carbons (Fsp3) is 0. The second-order valence-corrected chi connectivity index (χ2v) is 3.74. The molecule has 2 aromatic carbocycles. The Morgan fingerprint density at radius 1 is 1.00 bits per heavy atom. The van der Waals surface area contributed by atoms with Crippen LogP contribution in [0.3, 0.4) is 0 Å². The van der Waals surface area contributed by atoms with Gasteiger partial charge in [0.15, 0.2) is 11.0 Å². The third kappa shape index (κ3) is 1.22. The molecule has 0 bridgehead atoms. The molecule has 0 unspecified atom stereocenters. The van der Waals surface area contributed by atoms with Gasteiger partial charge in [0.2, 0.25) is 0 Å². The fourth-order valence-electron chi connectivity index (χ4n) is 1.93. The summed E-state index contributed by atoms with van der Waals surface area (Å²) in [6, 6.07) is 13.0. The summed E-state index contributed by atoms with van der Waals surface area (Å²) < 4.78 is 5.54. The minimum absolute atomic E-state index is 0.0444. The Bertz CT molecular complexity index is 744. The second kappa shape index (κ2) is 3.18. The lowest BCUT2D eigenvalue weighted by atomic mass is 10.1. The highest BCUT2D eigenvalue weighted by Gasteiger charge is 2.07. The molecule has 0 fully saturated rings. The largest absolute Gasteiger partial charge is 0.411 e. The van der Waals surface area contributed by atoms with E-state index in [-0.39, 0.29) is 5.43 Å². The van der Waals surface area contributed by atoms with Crippen molar-refractivity contribution in [2.75, 3.05) is 0 Å². The van der Waals surface area contributed by atoms with E-state index in [4.69, 9.17) is 4.42 Å². The Morgan fingerprint density at radius 2 is 1.81 bits per heavy atom. The number of fused-ring (bicyclic) bond motifs is 3. The zero-order valence-electron chi connectivity index (χ0n) is 8.57. The standard InChI is InChI=1S/C13H9NO2/c14-12-7-11(15)10-6-5-8-3-1-2-4-9(8)13(10)16-12/h1-7H,14H2/p+1. The van der Waals surface area contributed by atoms with Gasteiger partial charge in [-0.05, 0) is 11.5 Å². The van der Waals surface area contributed by atoms with Crippen LogP contribution < -0.4 is 11.2 Å². The SMILES string of the molecule is [NH3+]c1cc(=O)c2ccc3ccccc3c2o1. The van der Waals surface area contributed by atoms with Crippen molar-refractivity contribution in [3.63, 3.8) is 0 Å². The summed E-state index contributed by atoms with van der Waals surface area (Å²) >= 11 is 0. The van der Waals surface area contributed by atoms with Gasteiger partial charge in [-0.1, -0.05) is 30.3 Å². The molecule has 0 spiro atoms. The molecule has 0 atom stereocenters. The number of rotatable bonds is 0. The van der Waals surface area contributed by atoms with Crippen molar-refractivity contribution in [1.82, 2.24) is 0 Å². The van der Waals surface area contributed by atoms with E-state index >= 15 is 0 Å². The van der Waals surface area contributed by atoms with Gasteiger partial charge in [-0.15, -0.1) is 0 Å². The summed E-state index contributed by atoms with van der Waals surface area (Å²) in [7, 11) is 0. The molecule has 3 aromatic rings. The van der Waals surface area contributed by atoms with Crippen molar-refractivity contribution in [1.29, 1.82) is 0 Å². The van der Waals surface area contributed by atoms with E-state index in [1.807, 2.05) is 30.3 Å². The Kier molecular flexibility index (Phi) is 1.81. The van der Waals surface area contributed by atoms with Gasteiger partial charge in [0, 0.05) is 5.39 Å². The van der Waals surface area contributed by atoms with Crippen LogP contribution in [0.5, 0.6) is 0 Å². The van der Waals surface area contributed by atoms with E-state index in [0.29, 0.717) is 16.9 Å². The molecule has 1 aromatic heterocycles. The Morgan fingerprint density at radius 3 is 2.69 bits per heavy atom. The highest BCUT2D eigenvalue weighted by Crippen LogP contribution is 2.24. The van der Waals surface area contributed by atoms with Crippen molar-refractivity contribution in [2.24, 2.45) is 0 Å². The predicted octanol–water partition coefficient (Wildman–Crippen LogP) is 1.82. The summed E-state index contributed by atoms with van der Waals surface area (Å²) in [6.07, 6.45) is 0. The lowest BCUT2D eigenvalue weighted by Crippen LogP contribution is -2.40. The van der Waals surface area contributed by atoms with Crippen LogP contribution in [0.4, 0.5) is 5.88 Å². The van der Waals surface area contributed by atoms with Gasteiger partial charge < -0.3 is 4.42 Å². The molecule has 0 saturated heterocycles. The summed E-state index contributed by atoms with van der Waals surface area (Å²) in [5, 5.41) is 2.61. The minimum Gasteiger partial charge on any atom is -0.411 e. The molecule has 1 heterocycles. The van der Waals surface area contributed by atoms with Crippen molar-refractivity contribution in [3.8, 4) is 0 Å². The highest BCUT2D eigenvalue weighted by molar-refractivity contribution is 6.03. The zero-order chi connectivity index (χ0) is 11.1. The molecule has 0 saturated carbocycles. The van der Waals surface area contributed by atoms with E-state index in [9.17, 15) is 4.79 Å². The average molecular weight is 212 g/mol. The van der Waals surface area contributed by atoms with Gasteiger partial charge in [0.25, 0.3) is 5.88 Å². The molecule has 3 heteroatoms. The third-order valence-electron chi connectivity index (χ3n) is 2.67. The van der Waals surface area contributed by atoms with E-state index in [1.165, 1.54) is 6.07 Å². The van der Waals surface area contributed by atoms with Gasteiger partial charge in [0.05, 0.1) is 11.5 Å². The first kappa shape index (κ1) is 9.12. The van der Waals surface area contributed by atoms with Gasteiger partial charge in [0.1, 0.15) is 0 Å². The molecule has 3 nitrogen and oxygen atoms in total. The monoisotopic (exact) mass is 212 g/mol. The van der Waals surface area contributed by atoms with Crippen molar-refractivity contribution in [2.45, 2.75) is 0 Å². The van der Waals surface area contributed by atoms with Gasteiger partial charge in [-0.3, -0.25) is 10.5 Å². The molecule has 0 radical (unpaired) electrons. The summed E-state index contributed by atoms with van der Waals surface area (Å²) in [5.74, 6) is 0.397.